The predicted molar refractivity (Wildman–Crippen MR) is 116 cm³/mol. The molecule has 0 spiro atoms. The summed E-state index contributed by atoms with van der Waals surface area (Å²) in [6.45, 7) is 9.07. The number of hydrogen-bond acceptors (Lipinski definition) is 4. The second-order valence-corrected chi connectivity index (χ2v) is 7.92. The molecular formula is C23H30N4O2. The van der Waals surface area contributed by atoms with Gasteiger partial charge in [-0.15, -0.1) is 15.0 Å². The van der Waals surface area contributed by atoms with Crippen LogP contribution in [-0.2, 0) is 5.41 Å². The van der Waals surface area contributed by atoms with E-state index in [-0.39, 0.29) is 5.41 Å². The fraction of sp³-hybridized carbons (Fsp3) is 0.435. The minimum atomic E-state index is -0.486. The maximum atomic E-state index is 12.0. The van der Waals surface area contributed by atoms with Crippen LogP contribution in [0.3, 0.4) is 0 Å². The van der Waals surface area contributed by atoms with Crippen molar-refractivity contribution in [3.63, 3.8) is 0 Å². The Morgan fingerprint density at radius 1 is 1.07 bits per heavy atom. The molecule has 0 saturated carbocycles. The minimum Gasteiger partial charge on any atom is -0.408 e. The van der Waals surface area contributed by atoms with Gasteiger partial charge in [-0.1, -0.05) is 58.2 Å². The SMILES string of the molecule is CCCCCC(C)(C)c1ccc(OC(=O)NCC)c(-n2nc3ccccc3n2)c1. The molecule has 0 aliphatic carbocycles. The van der Waals surface area contributed by atoms with Crippen molar-refractivity contribution < 1.29 is 9.53 Å². The second kappa shape index (κ2) is 9.07. The van der Waals surface area contributed by atoms with Crippen LogP contribution in [0, 0.1) is 0 Å². The lowest BCUT2D eigenvalue weighted by molar-refractivity contribution is 0.201. The van der Waals surface area contributed by atoms with E-state index in [1.165, 1.54) is 24.8 Å². The molecule has 6 heteroatoms. The average Bonchev–Trinajstić information content (AvgIpc) is 3.12. The first-order valence-corrected chi connectivity index (χ1v) is 10.4. The first kappa shape index (κ1) is 20.8. The molecule has 0 saturated heterocycles. The molecule has 3 rings (SSSR count). The smallest absolute Gasteiger partial charge is 0.408 e. The third-order valence-electron chi connectivity index (χ3n) is 5.17. The highest BCUT2D eigenvalue weighted by molar-refractivity contribution is 5.75. The summed E-state index contributed by atoms with van der Waals surface area (Å²) >= 11 is 0. The van der Waals surface area contributed by atoms with Gasteiger partial charge in [0.15, 0.2) is 5.75 Å². The Balaban J connectivity index is 2.02. The number of unbranched alkanes of at least 4 members (excludes halogenated alkanes) is 2. The molecule has 0 radical (unpaired) electrons. The van der Waals surface area contributed by atoms with E-state index in [0.717, 1.165) is 17.5 Å². The van der Waals surface area contributed by atoms with E-state index in [2.05, 4.69) is 36.3 Å². The van der Waals surface area contributed by atoms with Crippen LogP contribution in [-0.4, -0.2) is 27.6 Å². The van der Waals surface area contributed by atoms with Gasteiger partial charge in [-0.3, -0.25) is 0 Å². The van der Waals surface area contributed by atoms with E-state index in [9.17, 15) is 4.79 Å². The highest BCUT2D eigenvalue weighted by Crippen LogP contribution is 2.34. The first-order valence-electron chi connectivity index (χ1n) is 10.4. The van der Waals surface area contributed by atoms with Gasteiger partial charge >= 0.3 is 6.09 Å². The zero-order valence-electron chi connectivity index (χ0n) is 17.7. The summed E-state index contributed by atoms with van der Waals surface area (Å²) in [5.74, 6) is 0.435. The van der Waals surface area contributed by atoms with Crippen molar-refractivity contribution in [2.75, 3.05) is 6.54 Å². The van der Waals surface area contributed by atoms with Crippen LogP contribution in [0.2, 0.25) is 0 Å². The molecule has 1 N–H and O–H groups in total. The predicted octanol–water partition coefficient (Wildman–Crippen LogP) is 5.39. The summed E-state index contributed by atoms with van der Waals surface area (Å²) in [7, 11) is 0. The lowest BCUT2D eigenvalue weighted by Gasteiger charge is -2.26. The lowest BCUT2D eigenvalue weighted by Crippen LogP contribution is -2.27. The van der Waals surface area contributed by atoms with Gasteiger partial charge in [0.1, 0.15) is 16.7 Å². The van der Waals surface area contributed by atoms with Gasteiger partial charge in [-0.2, -0.15) is 0 Å². The van der Waals surface area contributed by atoms with Crippen LogP contribution in [0.5, 0.6) is 5.75 Å². The van der Waals surface area contributed by atoms with E-state index in [1.54, 1.807) is 4.80 Å². The maximum Gasteiger partial charge on any atom is 0.412 e. The van der Waals surface area contributed by atoms with Crippen molar-refractivity contribution in [1.82, 2.24) is 20.3 Å². The fourth-order valence-electron chi connectivity index (χ4n) is 3.39. The number of fused-ring (bicyclic) bond motifs is 1. The zero-order valence-corrected chi connectivity index (χ0v) is 17.7. The number of amides is 1. The molecule has 2 aromatic carbocycles. The minimum absolute atomic E-state index is 0.000697. The molecule has 0 fully saturated rings. The van der Waals surface area contributed by atoms with Crippen LogP contribution in [0.4, 0.5) is 4.79 Å². The van der Waals surface area contributed by atoms with E-state index in [4.69, 9.17) is 4.74 Å². The fourth-order valence-corrected chi connectivity index (χ4v) is 3.39. The Morgan fingerprint density at radius 3 is 2.38 bits per heavy atom. The molecule has 1 aromatic heterocycles. The zero-order chi connectivity index (χ0) is 20.9. The molecule has 0 aliphatic heterocycles. The van der Waals surface area contributed by atoms with Crippen molar-refractivity contribution in [1.29, 1.82) is 0 Å². The summed E-state index contributed by atoms with van der Waals surface area (Å²) < 4.78 is 5.55. The monoisotopic (exact) mass is 394 g/mol. The largest absolute Gasteiger partial charge is 0.412 e. The molecule has 6 nitrogen and oxygen atoms in total. The Kier molecular flexibility index (Phi) is 6.52. The molecule has 1 heterocycles. The normalized spacial score (nSPS) is 11.6. The molecule has 0 bridgehead atoms. The van der Waals surface area contributed by atoms with Gasteiger partial charge in [0, 0.05) is 6.54 Å². The van der Waals surface area contributed by atoms with Crippen LogP contribution in [0.25, 0.3) is 16.7 Å². The van der Waals surface area contributed by atoms with E-state index in [1.807, 2.05) is 49.4 Å². The third-order valence-corrected chi connectivity index (χ3v) is 5.17. The Bertz CT molecular complexity index is 945. The van der Waals surface area contributed by atoms with Gasteiger partial charge in [0.05, 0.1) is 0 Å². The molecule has 0 aliphatic rings. The Morgan fingerprint density at radius 2 is 1.76 bits per heavy atom. The van der Waals surface area contributed by atoms with Gasteiger partial charge in [-0.25, -0.2) is 4.79 Å². The molecule has 3 aromatic rings. The van der Waals surface area contributed by atoms with Crippen LogP contribution in [0.1, 0.15) is 58.9 Å². The topological polar surface area (TPSA) is 69.0 Å². The van der Waals surface area contributed by atoms with Crippen molar-refractivity contribution in [2.24, 2.45) is 0 Å². The lowest BCUT2D eigenvalue weighted by atomic mass is 9.80. The maximum absolute atomic E-state index is 12.0. The molecule has 154 valence electrons. The van der Waals surface area contributed by atoms with Gasteiger partial charge in [0.25, 0.3) is 0 Å². The molecule has 0 unspecified atom stereocenters. The Labute approximate surface area is 172 Å². The van der Waals surface area contributed by atoms with E-state index in [0.29, 0.717) is 18.0 Å². The van der Waals surface area contributed by atoms with Crippen LogP contribution < -0.4 is 10.1 Å². The van der Waals surface area contributed by atoms with Gasteiger partial charge < -0.3 is 10.1 Å². The summed E-state index contributed by atoms with van der Waals surface area (Å²) in [4.78, 5) is 13.6. The number of benzene rings is 2. The third kappa shape index (κ3) is 4.94. The van der Waals surface area contributed by atoms with Gasteiger partial charge in [-0.05, 0) is 48.6 Å². The summed E-state index contributed by atoms with van der Waals surface area (Å²) in [5, 5.41) is 11.8. The highest BCUT2D eigenvalue weighted by atomic mass is 16.6. The molecule has 0 atom stereocenters. The first-order chi connectivity index (χ1) is 13.9. The number of hydrogen-bond donors (Lipinski definition) is 1. The summed E-state index contributed by atoms with van der Waals surface area (Å²) in [6, 6.07) is 13.6. The number of rotatable bonds is 8. The standard InChI is InChI=1S/C23H30N4O2/c1-5-7-10-15-23(3,4)17-13-14-21(29-22(28)24-6-2)20(16-17)27-25-18-11-8-9-12-19(18)26-27/h8-9,11-14,16H,5-7,10,15H2,1-4H3,(H,24,28). The van der Waals surface area contributed by atoms with E-state index >= 15 is 0 Å². The van der Waals surface area contributed by atoms with Crippen LogP contribution >= 0.6 is 0 Å². The number of carbonyl (C=O) groups excluding carboxylic acids is 1. The average molecular weight is 395 g/mol. The Hall–Kier alpha value is -2.89. The van der Waals surface area contributed by atoms with Crippen LogP contribution in [0.15, 0.2) is 42.5 Å². The molecule has 1 amide bonds. The van der Waals surface area contributed by atoms with Crippen molar-refractivity contribution in [2.45, 2.75) is 58.8 Å². The number of nitrogens with zero attached hydrogens (tertiary/aromatic N) is 3. The summed E-state index contributed by atoms with van der Waals surface area (Å²) in [6.07, 6.45) is 4.21. The highest BCUT2D eigenvalue weighted by Gasteiger charge is 2.23. The summed E-state index contributed by atoms with van der Waals surface area (Å²) in [5.41, 5.74) is 3.43. The second-order valence-electron chi connectivity index (χ2n) is 7.92. The number of carbonyl (C=O) groups is 1. The van der Waals surface area contributed by atoms with Crippen molar-refractivity contribution in [3.8, 4) is 11.4 Å². The number of nitrogens with one attached hydrogen (secondary N) is 1. The van der Waals surface area contributed by atoms with E-state index < -0.39 is 6.09 Å². The molecule has 29 heavy (non-hydrogen) atoms. The number of ether oxygens (including phenoxy) is 1. The number of aromatic nitrogens is 3. The molecular weight excluding hydrogens is 364 g/mol. The van der Waals surface area contributed by atoms with Crippen molar-refractivity contribution in [3.05, 3.63) is 48.0 Å². The van der Waals surface area contributed by atoms with Gasteiger partial charge in [0.2, 0.25) is 0 Å². The quantitative estimate of drug-likeness (QED) is 0.520. The van der Waals surface area contributed by atoms with Crippen molar-refractivity contribution >= 4 is 17.1 Å².